The summed E-state index contributed by atoms with van der Waals surface area (Å²) in [6, 6.07) is 6.47. The molecule has 10 heteroatoms. The Morgan fingerprint density at radius 2 is 1.85 bits per heavy atom. The molecule has 4 amide bonds. The quantitative estimate of drug-likeness (QED) is 0.452. The minimum atomic E-state index is -0.673. The molecule has 39 heavy (non-hydrogen) atoms. The highest BCUT2D eigenvalue weighted by molar-refractivity contribution is 5.99. The second kappa shape index (κ2) is 14.9. The van der Waals surface area contributed by atoms with Crippen molar-refractivity contribution in [3.63, 3.8) is 0 Å². The first-order chi connectivity index (χ1) is 18.7. The van der Waals surface area contributed by atoms with Gasteiger partial charge in [0.25, 0.3) is 5.91 Å². The average Bonchev–Trinajstić information content (AvgIpc) is 2.90. The van der Waals surface area contributed by atoms with Crippen molar-refractivity contribution in [2.45, 2.75) is 64.3 Å². The first-order valence-electron chi connectivity index (χ1n) is 14.2. The number of rotatable bonds is 7. The Balaban J connectivity index is 1.66. The van der Waals surface area contributed by atoms with Gasteiger partial charge in [-0.25, -0.2) is 0 Å². The van der Waals surface area contributed by atoms with Crippen LogP contribution in [-0.4, -0.2) is 92.9 Å². The molecule has 2 aliphatic heterocycles. The van der Waals surface area contributed by atoms with Crippen LogP contribution < -0.4 is 20.7 Å². The van der Waals surface area contributed by atoms with E-state index in [1.165, 1.54) is 0 Å². The lowest BCUT2D eigenvalue weighted by molar-refractivity contribution is -0.131. The van der Waals surface area contributed by atoms with Crippen LogP contribution in [0.15, 0.2) is 24.3 Å². The SMILES string of the molecule is CC(=O)N1CCC2(CCCCNC(=O)[C@H](CCCCNC(=O)CN(C)C)NC(=O)c3ccccc3OC2)CC1. The van der Waals surface area contributed by atoms with E-state index in [0.717, 1.165) is 32.1 Å². The minimum Gasteiger partial charge on any atom is -0.492 e. The molecule has 216 valence electrons. The smallest absolute Gasteiger partial charge is 0.255 e. The van der Waals surface area contributed by atoms with Gasteiger partial charge in [0.1, 0.15) is 11.8 Å². The van der Waals surface area contributed by atoms with Crippen molar-refractivity contribution in [1.82, 2.24) is 25.8 Å². The molecule has 0 unspecified atom stereocenters. The molecule has 2 aliphatic rings. The molecule has 0 radical (unpaired) electrons. The molecule has 1 fully saturated rings. The summed E-state index contributed by atoms with van der Waals surface area (Å²) < 4.78 is 6.31. The Morgan fingerprint density at radius 3 is 2.56 bits per heavy atom. The fourth-order valence-electron chi connectivity index (χ4n) is 5.28. The summed E-state index contributed by atoms with van der Waals surface area (Å²) in [5, 5.41) is 8.82. The lowest BCUT2D eigenvalue weighted by atomic mass is 9.75. The Hall–Kier alpha value is -3.14. The summed E-state index contributed by atoms with van der Waals surface area (Å²) in [7, 11) is 3.68. The van der Waals surface area contributed by atoms with Crippen molar-refractivity contribution < 1.29 is 23.9 Å². The van der Waals surface area contributed by atoms with Gasteiger partial charge in [-0.1, -0.05) is 18.6 Å². The highest BCUT2D eigenvalue weighted by Crippen LogP contribution is 2.38. The van der Waals surface area contributed by atoms with Crippen molar-refractivity contribution in [2.24, 2.45) is 5.41 Å². The van der Waals surface area contributed by atoms with Crippen LogP contribution >= 0.6 is 0 Å². The number of unbranched alkanes of at least 4 members (excludes halogenated alkanes) is 1. The summed E-state index contributed by atoms with van der Waals surface area (Å²) in [5.41, 5.74) is 0.327. The molecular formula is C29H45N5O5. The Morgan fingerprint density at radius 1 is 1.10 bits per heavy atom. The maximum absolute atomic E-state index is 13.3. The molecule has 10 nitrogen and oxygen atoms in total. The summed E-state index contributed by atoms with van der Waals surface area (Å²) in [6.45, 7) is 4.91. The molecule has 1 spiro atoms. The lowest BCUT2D eigenvalue weighted by Gasteiger charge is -2.41. The largest absolute Gasteiger partial charge is 0.492 e. The van der Waals surface area contributed by atoms with Crippen molar-refractivity contribution in [1.29, 1.82) is 0 Å². The number of ether oxygens (including phenoxy) is 1. The van der Waals surface area contributed by atoms with Crippen LogP contribution in [0.3, 0.4) is 0 Å². The maximum atomic E-state index is 13.3. The number of hydrogen-bond donors (Lipinski definition) is 3. The second-order valence-electron chi connectivity index (χ2n) is 11.1. The van der Waals surface area contributed by atoms with E-state index in [9.17, 15) is 19.2 Å². The zero-order valence-electron chi connectivity index (χ0n) is 23.7. The predicted octanol–water partition coefficient (Wildman–Crippen LogP) is 1.94. The fourth-order valence-corrected chi connectivity index (χ4v) is 5.28. The van der Waals surface area contributed by atoms with Crippen LogP contribution in [0, 0.1) is 5.41 Å². The Bertz CT molecular complexity index is 990. The number of likely N-dealkylation sites (tertiary alicyclic amines) is 1. The van der Waals surface area contributed by atoms with Crippen molar-refractivity contribution in [2.75, 3.05) is 53.4 Å². The van der Waals surface area contributed by atoms with Crippen LogP contribution in [0.1, 0.15) is 68.6 Å². The predicted molar refractivity (Wildman–Crippen MR) is 149 cm³/mol. The molecule has 0 bridgehead atoms. The zero-order chi connectivity index (χ0) is 28.3. The first-order valence-corrected chi connectivity index (χ1v) is 14.2. The van der Waals surface area contributed by atoms with Crippen molar-refractivity contribution >= 4 is 23.6 Å². The number of para-hydroxylation sites is 1. The van der Waals surface area contributed by atoms with E-state index in [1.807, 2.05) is 30.0 Å². The van der Waals surface area contributed by atoms with Crippen LogP contribution in [0.5, 0.6) is 5.75 Å². The van der Waals surface area contributed by atoms with Gasteiger partial charge in [-0.2, -0.15) is 0 Å². The van der Waals surface area contributed by atoms with Crippen LogP contribution in [0.4, 0.5) is 0 Å². The van der Waals surface area contributed by atoms with Crippen LogP contribution in [0.25, 0.3) is 0 Å². The van der Waals surface area contributed by atoms with Gasteiger partial charge in [0, 0.05) is 38.5 Å². The fraction of sp³-hybridized carbons (Fsp3) is 0.655. The number of fused-ring (bicyclic) bond motifs is 1. The number of carbonyl (C=O) groups is 4. The average molecular weight is 544 g/mol. The lowest BCUT2D eigenvalue weighted by Crippen LogP contribution is -2.47. The van der Waals surface area contributed by atoms with Crippen LogP contribution in [0.2, 0.25) is 0 Å². The number of benzene rings is 1. The van der Waals surface area contributed by atoms with Gasteiger partial charge in [0.2, 0.25) is 17.7 Å². The molecule has 0 saturated carbocycles. The Labute approximate surface area is 232 Å². The molecule has 1 aromatic rings. The molecule has 1 saturated heterocycles. The third kappa shape index (κ3) is 9.53. The van der Waals surface area contributed by atoms with Gasteiger partial charge >= 0.3 is 0 Å². The number of likely N-dealkylation sites (N-methyl/N-ethyl adjacent to an activating group) is 1. The molecule has 1 aromatic carbocycles. The van der Waals surface area contributed by atoms with Gasteiger partial charge < -0.3 is 30.5 Å². The van der Waals surface area contributed by atoms with E-state index in [1.54, 1.807) is 25.1 Å². The van der Waals surface area contributed by atoms with Crippen LogP contribution in [-0.2, 0) is 14.4 Å². The summed E-state index contributed by atoms with van der Waals surface area (Å²) in [5.74, 6) is 0.0255. The molecular weight excluding hydrogens is 498 g/mol. The normalized spacial score (nSPS) is 20.3. The number of nitrogens with one attached hydrogen (secondary N) is 3. The van der Waals surface area contributed by atoms with Gasteiger partial charge in [-0.05, 0) is 71.2 Å². The van der Waals surface area contributed by atoms with Gasteiger partial charge in [0.15, 0.2) is 0 Å². The highest BCUT2D eigenvalue weighted by Gasteiger charge is 2.36. The molecule has 3 N–H and O–H groups in total. The number of carbonyl (C=O) groups excluding carboxylic acids is 4. The molecule has 2 heterocycles. The maximum Gasteiger partial charge on any atom is 0.255 e. The van der Waals surface area contributed by atoms with Gasteiger partial charge in [-0.15, -0.1) is 0 Å². The number of piperidine rings is 1. The molecule has 1 atom stereocenters. The van der Waals surface area contributed by atoms with Crippen molar-refractivity contribution in [3.05, 3.63) is 29.8 Å². The topological polar surface area (TPSA) is 120 Å². The third-order valence-corrected chi connectivity index (χ3v) is 7.69. The monoisotopic (exact) mass is 543 g/mol. The third-order valence-electron chi connectivity index (χ3n) is 7.69. The zero-order valence-corrected chi connectivity index (χ0v) is 23.7. The highest BCUT2D eigenvalue weighted by atomic mass is 16.5. The number of nitrogens with zero attached hydrogens (tertiary/aromatic N) is 2. The van der Waals surface area contributed by atoms with E-state index in [0.29, 0.717) is 69.9 Å². The Kier molecular flexibility index (Phi) is 11.6. The van der Waals surface area contributed by atoms with E-state index in [-0.39, 0.29) is 29.0 Å². The van der Waals surface area contributed by atoms with E-state index >= 15 is 0 Å². The number of hydrogen-bond acceptors (Lipinski definition) is 6. The number of amides is 4. The molecule has 0 aromatic heterocycles. The van der Waals surface area contributed by atoms with Crippen molar-refractivity contribution in [3.8, 4) is 5.75 Å². The standard InChI is InChI=1S/C29H45N5O5/c1-22(35)34-18-14-29(15-19-34)13-7-9-17-31-28(38)24(11-6-8-16-30-26(36)20-33(2)3)32-27(37)23-10-4-5-12-25(23)39-21-29/h4-5,10,12,24H,6-9,11,13-21H2,1-3H3,(H,30,36)(H,31,38)(H,32,37)/t24-/m0/s1. The first kappa shape index (κ1) is 30.4. The summed E-state index contributed by atoms with van der Waals surface area (Å²) >= 11 is 0. The summed E-state index contributed by atoms with van der Waals surface area (Å²) in [4.78, 5) is 53.8. The van der Waals surface area contributed by atoms with Gasteiger partial charge in [0.05, 0.1) is 18.7 Å². The molecule has 3 rings (SSSR count). The van der Waals surface area contributed by atoms with Gasteiger partial charge in [-0.3, -0.25) is 19.2 Å². The van der Waals surface area contributed by atoms with E-state index in [2.05, 4.69) is 16.0 Å². The molecule has 0 aliphatic carbocycles. The summed E-state index contributed by atoms with van der Waals surface area (Å²) in [6.07, 6.45) is 6.27. The van der Waals surface area contributed by atoms with E-state index in [4.69, 9.17) is 4.74 Å². The van der Waals surface area contributed by atoms with E-state index < -0.39 is 6.04 Å². The minimum absolute atomic E-state index is 0.0353. The second-order valence-corrected chi connectivity index (χ2v) is 11.1.